The highest BCUT2D eigenvalue weighted by molar-refractivity contribution is 6.01. The molecule has 0 fully saturated rings. The van der Waals surface area contributed by atoms with E-state index in [1.54, 1.807) is 0 Å². The van der Waals surface area contributed by atoms with Crippen LogP contribution in [0.1, 0.15) is 59.3 Å². The van der Waals surface area contributed by atoms with E-state index in [4.69, 9.17) is 15.5 Å². The number of nitrogens with zero attached hydrogens (tertiary/aromatic N) is 7. The number of amidine groups is 2. The van der Waals surface area contributed by atoms with Gasteiger partial charge in [-0.3, -0.25) is 9.98 Å². The predicted molar refractivity (Wildman–Crippen MR) is 226 cm³/mol. The summed E-state index contributed by atoms with van der Waals surface area (Å²) in [5, 5.41) is 14.2. The maximum atomic E-state index is 10.3. The van der Waals surface area contributed by atoms with Crippen LogP contribution in [-0.2, 0) is 13.1 Å². The monoisotopic (exact) mass is 737 g/mol. The van der Waals surface area contributed by atoms with Gasteiger partial charge in [-0.25, -0.2) is 0 Å². The van der Waals surface area contributed by atoms with Crippen LogP contribution >= 0.6 is 0 Å². The van der Waals surface area contributed by atoms with E-state index in [0.717, 1.165) is 41.5 Å². The van der Waals surface area contributed by atoms with Crippen molar-refractivity contribution < 1.29 is 5.11 Å². The van der Waals surface area contributed by atoms with Gasteiger partial charge in [0.15, 0.2) is 0 Å². The highest BCUT2D eigenvalue weighted by Gasteiger charge is 2.47. The fraction of sp³-hybridized carbons (Fsp3) is 0.208. The first kappa shape index (κ1) is 37.8. The van der Waals surface area contributed by atoms with E-state index < -0.39 is 11.1 Å². The van der Waals surface area contributed by atoms with Gasteiger partial charge in [0, 0.05) is 29.1 Å². The molecule has 0 saturated carbocycles. The predicted octanol–water partition coefficient (Wildman–Crippen LogP) is 10.2. The Morgan fingerprint density at radius 3 is 1.25 bits per heavy atom. The number of aliphatic hydroxyl groups excluding tert-OH is 1. The van der Waals surface area contributed by atoms with Gasteiger partial charge in [0.25, 0.3) is 0 Å². The second-order valence-corrected chi connectivity index (χ2v) is 14.7. The van der Waals surface area contributed by atoms with E-state index in [2.05, 4.69) is 124 Å². The molecule has 2 aliphatic heterocycles. The average Bonchev–Trinajstić information content (AvgIpc) is 3.72. The van der Waals surface area contributed by atoms with Crippen molar-refractivity contribution in [2.75, 3.05) is 13.2 Å². The molecule has 8 heteroatoms. The van der Waals surface area contributed by atoms with Gasteiger partial charge >= 0.3 is 0 Å². The highest BCUT2D eigenvalue weighted by atomic mass is 16.3. The molecule has 0 aliphatic carbocycles. The van der Waals surface area contributed by atoms with Crippen molar-refractivity contribution in [3.05, 3.63) is 226 Å². The van der Waals surface area contributed by atoms with E-state index in [1.165, 1.54) is 16.7 Å². The SMILES string of the molecule is C[C@]1(CN=[N+]=[N-])N=C(c2ccccc2)N(Cc2ccccc2)[C@H]1c1ccccc1.C[C@]1(CO)N=C(c2ccccc2)N(Cc2ccccc2)[C@H]1c1ccccc1. The molecule has 8 nitrogen and oxygen atoms in total. The number of rotatable bonds is 11. The van der Waals surface area contributed by atoms with Crippen LogP contribution in [0, 0.1) is 0 Å². The molecule has 0 amide bonds. The smallest absolute Gasteiger partial charge is 0.132 e. The van der Waals surface area contributed by atoms with E-state index in [0.29, 0.717) is 6.54 Å². The number of aliphatic imine (C=N–C) groups is 2. The van der Waals surface area contributed by atoms with Crippen LogP contribution in [0.4, 0.5) is 0 Å². The fourth-order valence-electron chi connectivity index (χ4n) is 7.95. The second kappa shape index (κ2) is 17.3. The van der Waals surface area contributed by atoms with Crippen LogP contribution in [-0.4, -0.2) is 50.8 Å². The number of benzene rings is 6. The summed E-state index contributed by atoms with van der Waals surface area (Å²) in [6.07, 6.45) is 0. The van der Waals surface area contributed by atoms with E-state index in [1.807, 2.05) is 91.9 Å². The van der Waals surface area contributed by atoms with Crippen LogP contribution in [0.2, 0.25) is 0 Å². The van der Waals surface area contributed by atoms with Crippen LogP contribution < -0.4 is 0 Å². The first-order valence-corrected chi connectivity index (χ1v) is 19.1. The molecular formula is C48H47N7O. The lowest BCUT2D eigenvalue weighted by Crippen LogP contribution is -2.40. The molecule has 6 aromatic rings. The maximum absolute atomic E-state index is 10.3. The zero-order chi connectivity index (χ0) is 38.8. The van der Waals surface area contributed by atoms with Crippen molar-refractivity contribution in [2.45, 2.75) is 50.1 Å². The van der Waals surface area contributed by atoms with Crippen LogP contribution in [0.3, 0.4) is 0 Å². The molecule has 6 aromatic carbocycles. The normalized spacial score (nSPS) is 21.3. The summed E-state index contributed by atoms with van der Waals surface area (Å²) in [4.78, 5) is 17.9. The summed E-state index contributed by atoms with van der Waals surface area (Å²) >= 11 is 0. The third-order valence-corrected chi connectivity index (χ3v) is 10.5. The molecule has 1 N–H and O–H groups in total. The summed E-state index contributed by atoms with van der Waals surface area (Å²) in [5.41, 5.74) is 14.7. The van der Waals surface area contributed by atoms with Crippen molar-refractivity contribution in [3.8, 4) is 0 Å². The average molecular weight is 738 g/mol. The van der Waals surface area contributed by atoms with E-state index >= 15 is 0 Å². The van der Waals surface area contributed by atoms with E-state index in [9.17, 15) is 5.11 Å². The first-order chi connectivity index (χ1) is 27.4. The van der Waals surface area contributed by atoms with Gasteiger partial charge < -0.3 is 14.9 Å². The Labute approximate surface area is 329 Å². The Bertz CT molecular complexity index is 2270. The summed E-state index contributed by atoms with van der Waals surface area (Å²) < 4.78 is 0. The molecule has 2 heterocycles. The third kappa shape index (κ3) is 8.27. The molecular weight excluding hydrogens is 691 g/mol. The first-order valence-electron chi connectivity index (χ1n) is 19.1. The van der Waals surface area contributed by atoms with Gasteiger partial charge in [0.2, 0.25) is 0 Å². The lowest BCUT2D eigenvalue weighted by Gasteiger charge is -2.35. The van der Waals surface area contributed by atoms with Crippen LogP contribution in [0.5, 0.6) is 0 Å². The Kier molecular flexibility index (Phi) is 11.7. The molecule has 8 rings (SSSR count). The van der Waals surface area contributed by atoms with Crippen molar-refractivity contribution in [3.63, 3.8) is 0 Å². The second-order valence-electron chi connectivity index (χ2n) is 14.7. The largest absolute Gasteiger partial charge is 0.394 e. The van der Waals surface area contributed by atoms with Gasteiger partial charge in [-0.2, -0.15) is 0 Å². The van der Waals surface area contributed by atoms with Gasteiger partial charge in [-0.15, -0.1) is 0 Å². The summed E-state index contributed by atoms with van der Waals surface area (Å²) in [5.74, 6) is 1.86. The Balaban J connectivity index is 0.000000172. The third-order valence-electron chi connectivity index (χ3n) is 10.5. The highest BCUT2D eigenvalue weighted by Crippen LogP contribution is 2.44. The Morgan fingerprint density at radius 2 is 0.875 bits per heavy atom. The summed E-state index contributed by atoms with van der Waals surface area (Å²) in [6, 6.07) is 62.0. The van der Waals surface area contributed by atoms with Crippen molar-refractivity contribution in [2.24, 2.45) is 15.1 Å². The lowest BCUT2D eigenvalue weighted by molar-refractivity contribution is 0.146. The molecule has 0 saturated heterocycles. The van der Waals surface area contributed by atoms with Gasteiger partial charge in [0.05, 0.1) is 30.8 Å². The molecule has 0 radical (unpaired) electrons. The van der Waals surface area contributed by atoms with Crippen molar-refractivity contribution >= 4 is 11.7 Å². The lowest BCUT2D eigenvalue weighted by atomic mass is 9.87. The fourth-order valence-corrected chi connectivity index (χ4v) is 7.95. The minimum absolute atomic E-state index is 0.00577. The number of aliphatic hydroxyl groups is 1. The molecule has 2 aliphatic rings. The molecule has 0 unspecified atom stereocenters. The number of hydrogen-bond donors (Lipinski definition) is 1. The minimum atomic E-state index is -0.596. The van der Waals surface area contributed by atoms with Crippen LogP contribution in [0.25, 0.3) is 10.4 Å². The van der Waals surface area contributed by atoms with Gasteiger partial charge in [0.1, 0.15) is 17.2 Å². The topological polar surface area (TPSA) is 100 Å². The number of azide groups is 1. The quantitative estimate of drug-likeness (QED) is 0.0814. The van der Waals surface area contributed by atoms with Crippen molar-refractivity contribution in [1.29, 1.82) is 0 Å². The Hall–Kier alpha value is -6.47. The number of hydrogen-bond acceptors (Lipinski definition) is 6. The zero-order valence-electron chi connectivity index (χ0n) is 31.9. The molecule has 4 atom stereocenters. The zero-order valence-corrected chi connectivity index (χ0v) is 31.9. The molecule has 0 aromatic heterocycles. The molecule has 0 spiro atoms. The maximum Gasteiger partial charge on any atom is 0.132 e. The van der Waals surface area contributed by atoms with E-state index in [-0.39, 0.29) is 18.7 Å². The molecule has 0 bridgehead atoms. The Morgan fingerprint density at radius 1 is 0.536 bits per heavy atom. The summed E-state index contributed by atoms with van der Waals surface area (Å²) in [7, 11) is 0. The van der Waals surface area contributed by atoms with Crippen molar-refractivity contribution in [1.82, 2.24) is 9.80 Å². The van der Waals surface area contributed by atoms with Gasteiger partial charge in [-0.1, -0.05) is 187 Å². The van der Waals surface area contributed by atoms with Gasteiger partial charge in [-0.05, 0) is 41.6 Å². The molecule has 280 valence electrons. The molecule has 56 heavy (non-hydrogen) atoms. The summed E-state index contributed by atoms with van der Waals surface area (Å²) in [6.45, 7) is 5.87. The standard InChI is InChI=1S/C24H23N5.C24H24N2O/c1-24(18-26-28-25)22(20-13-7-3-8-14-20)29(17-19-11-5-2-6-12-19)23(27-24)21-15-9-4-10-16-21;1-24(18-27)22(20-13-7-3-8-14-20)26(17-19-11-5-2-6-12-19)23(25-24)21-15-9-4-10-16-21/h2-16,22H,17-18H2,1H3;2-16,22,27H,17-18H2,1H3/t2*22-,24+/m00/s1. The minimum Gasteiger partial charge on any atom is -0.394 e. The van der Waals surface area contributed by atoms with Crippen LogP contribution in [0.15, 0.2) is 197 Å².